The molecule has 2 rings (SSSR count). The van der Waals surface area contributed by atoms with Gasteiger partial charge >= 0.3 is 0 Å². The van der Waals surface area contributed by atoms with Crippen molar-refractivity contribution in [3.8, 4) is 0 Å². The number of anilines is 1. The Bertz CT molecular complexity index is 580. The van der Waals surface area contributed by atoms with Gasteiger partial charge < -0.3 is 0 Å². The average Bonchev–Trinajstić information content (AvgIpc) is 2.98. The maximum Gasteiger partial charge on any atom is 0.267 e. The Hall–Kier alpha value is 0.0400. The quantitative estimate of drug-likeness (QED) is 0.365. The lowest BCUT2D eigenvalue weighted by atomic mass is 10.4. The first-order chi connectivity index (χ1) is 9.60. The number of halogens is 2. The average molecular weight is 457 g/mol. The summed E-state index contributed by atoms with van der Waals surface area (Å²) in [6.45, 7) is 2.16. The molecule has 0 fully saturated rings. The number of nitrogens with zero attached hydrogens (tertiary/aromatic N) is 2. The molecule has 0 saturated heterocycles. The van der Waals surface area contributed by atoms with Crippen molar-refractivity contribution in [2.75, 3.05) is 11.1 Å². The zero-order chi connectivity index (χ0) is 14.5. The highest BCUT2D eigenvalue weighted by Gasteiger charge is 2.14. The summed E-state index contributed by atoms with van der Waals surface area (Å²) in [5, 5.41) is 11.4. The fourth-order valence-corrected chi connectivity index (χ4v) is 5.07. The number of carbonyl (C=O) groups is 1. The second-order valence-corrected chi connectivity index (χ2v) is 9.31. The van der Waals surface area contributed by atoms with Crippen LogP contribution in [0.2, 0.25) is 0 Å². The molecule has 0 aliphatic carbocycles. The molecule has 0 atom stereocenters. The van der Waals surface area contributed by atoms with E-state index in [-0.39, 0.29) is 5.91 Å². The van der Waals surface area contributed by atoms with Crippen molar-refractivity contribution in [2.24, 2.45) is 0 Å². The maximum atomic E-state index is 12.0. The van der Waals surface area contributed by atoms with Crippen LogP contribution in [0.3, 0.4) is 0 Å². The zero-order valence-corrected chi connectivity index (χ0v) is 16.1. The van der Waals surface area contributed by atoms with E-state index in [4.69, 9.17) is 0 Å². The Balaban J connectivity index is 1.94. The van der Waals surface area contributed by atoms with Crippen molar-refractivity contribution >= 4 is 77.3 Å². The van der Waals surface area contributed by atoms with Crippen LogP contribution in [-0.4, -0.2) is 21.9 Å². The first-order valence-corrected chi connectivity index (χ1v) is 10.0. The Kier molecular flexibility index (Phi) is 6.47. The van der Waals surface area contributed by atoms with Gasteiger partial charge in [-0.25, -0.2) is 0 Å². The standard InChI is InChI=1S/C11H11Br2N3OS3/c1-2-3-4-18-11-16-15-10(20-11)14-9(17)7-5-6(12)8(13)19-7/h5H,2-4H2,1H3,(H,14,15,17). The van der Waals surface area contributed by atoms with Gasteiger partial charge in [0.25, 0.3) is 5.91 Å². The zero-order valence-electron chi connectivity index (χ0n) is 10.5. The summed E-state index contributed by atoms with van der Waals surface area (Å²) < 4.78 is 2.67. The summed E-state index contributed by atoms with van der Waals surface area (Å²) in [6.07, 6.45) is 2.32. The molecule has 0 aromatic carbocycles. The summed E-state index contributed by atoms with van der Waals surface area (Å²) in [6, 6.07) is 1.78. The molecule has 2 aromatic rings. The molecule has 0 aliphatic heterocycles. The lowest BCUT2D eigenvalue weighted by Gasteiger charge is -1.96. The highest BCUT2D eigenvalue weighted by atomic mass is 79.9. The largest absolute Gasteiger partial charge is 0.296 e. The van der Waals surface area contributed by atoms with Crippen LogP contribution in [0.15, 0.2) is 18.7 Å². The number of aromatic nitrogens is 2. The number of thiophene rings is 1. The number of hydrogen-bond acceptors (Lipinski definition) is 6. The second-order valence-electron chi connectivity index (χ2n) is 3.76. The second kappa shape index (κ2) is 7.88. The molecule has 0 radical (unpaired) electrons. The van der Waals surface area contributed by atoms with Crippen molar-refractivity contribution < 1.29 is 4.79 Å². The fourth-order valence-electron chi connectivity index (χ4n) is 1.24. The number of unbranched alkanes of at least 4 members (excludes halogenated alkanes) is 1. The predicted molar refractivity (Wildman–Crippen MR) is 93.2 cm³/mol. The van der Waals surface area contributed by atoms with E-state index in [9.17, 15) is 4.79 Å². The molecule has 20 heavy (non-hydrogen) atoms. The van der Waals surface area contributed by atoms with Crippen molar-refractivity contribution in [1.29, 1.82) is 0 Å². The summed E-state index contributed by atoms with van der Waals surface area (Å²) in [7, 11) is 0. The van der Waals surface area contributed by atoms with Gasteiger partial charge in [-0.3, -0.25) is 10.1 Å². The molecule has 9 heteroatoms. The number of amides is 1. The molecule has 0 saturated carbocycles. The van der Waals surface area contributed by atoms with Gasteiger partial charge in [0.1, 0.15) is 0 Å². The minimum Gasteiger partial charge on any atom is -0.296 e. The summed E-state index contributed by atoms with van der Waals surface area (Å²) in [5.74, 6) is 0.867. The van der Waals surface area contributed by atoms with Gasteiger partial charge in [0.15, 0.2) is 4.34 Å². The minimum absolute atomic E-state index is 0.164. The molecule has 0 aliphatic rings. The summed E-state index contributed by atoms with van der Waals surface area (Å²) in [4.78, 5) is 12.7. The molecule has 108 valence electrons. The van der Waals surface area contributed by atoms with E-state index in [1.807, 2.05) is 0 Å². The number of thioether (sulfide) groups is 1. The fraction of sp³-hybridized carbons (Fsp3) is 0.364. The Morgan fingerprint density at radius 2 is 2.20 bits per heavy atom. The molecule has 1 N–H and O–H groups in total. The molecule has 4 nitrogen and oxygen atoms in total. The van der Waals surface area contributed by atoms with Gasteiger partial charge in [-0.05, 0) is 44.3 Å². The van der Waals surface area contributed by atoms with Crippen LogP contribution in [0.5, 0.6) is 0 Å². The Morgan fingerprint density at radius 3 is 2.85 bits per heavy atom. The maximum absolute atomic E-state index is 12.0. The van der Waals surface area contributed by atoms with Crippen molar-refractivity contribution in [3.05, 3.63) is 19.2 Å². The molecule has 1 amide bonds. The van der Waals surface area contributed by atoms with Gasteiger partial charge in [-0.15, -0.1) is 21.5 Å². The third-order valence-corrected chi connectivity index (χ3v) is 7.53. The van der Waals surface area contributed by atoms with E-state index in [0.29, 0.717) is 10.0 Å². The number of rotatable bonds is 6. The third kappa shape index (κ3) is 4.52. The van der Waals surface area contributed by atoms with Gasteiger partial charge in [-0.2, -0.15) is 0 Å². The van der Waals surface area contributed by atoms with E-state index in [1.165, 1.54) is 22.7 Å². The summed E-state index contributed by atoms with van der Waals surface area (Å²) >= 11 is 11.2. The van der Waals surface area contributed by atoms with Crippen LogP contribution in [-0.2, 0) is 0 Å². The van der Waals surface area contributed by atoms with Crippen molar-refractivity contribution in [3.63, 3.8) is 0 Å². The van der Waals surface area contributed by atoms with E-state index in [2.05, 4.69) is 54.3 Å². The van der Waals surface area contributed by atoms with E-state index >= 15 is 0 Å². The normalized spacial score (nSPS) is 10.8. The van der Waals surface area contributed by atoms with Crippen molar-refractivity contribution in [2.45, 2.75) is 24.1 Å². The first kappa shape index (κ1) is 16.4. The lowest BCUT2D eigenvalue weighted by molar-refractivity contribution is 0.103. The molecule has 0 spiro atoms. The number of nitrogens with one attached hydrogen (secondary N) is 1. The lowest BCUT2D eigenvalue weighted by Crippen LogP contribution is -2.09. The topological polar surface area (TPSA) is 54.9 Å². The molecule has 0 unspecified atom stereocenters. The molecule has 2 heterocycles. The van der Waals surface area contributed by atoms with E-state index < -0.39 is 0 Å². The number of carbonyl (C=O) groups excluding carboxylic acids is 1. The summed E-state index contributed by atoms with van der Waals surface area (Å²) in [5.41, 5.74) is 0. The SMILES string of the molecule is CCCCSc1nnc(NC(=O)c2cc(Br)c(Br)s2)s1. The third-order valence-electron chi connectivity index (χ3n) is 2.22. The monoisotopic (exact) mass is 455 g/mol. The molecule has 0 bridgehead atoms. The Morgan fingerprint density at radius 1 is 1.40 bits per heavy atom. The van der Waals surface area contributed by atoms with Gasteiger partial charge in [0.05, 0.1) is 8.66 Å². The molecular formula is C11H11Br2N3OS3. The number of hydrogen-bond donors (Lipinski definition) is 1. The van der Waals surface area contributed by atoms with Crippen LogP contribution in [0, 0.1) is 0 Å². The van der Waals surface area contributed by atoms with Crippen LogP contribution in [0.25, 0.3) is 0 Å². The van der Waals surface area contributed by atoms with Gasteiger partial charge in [0, 0.05) is 10.2 Å². The highest BCUT2D eigenvalue weighted by Crippen LogP contribution is 2.33. The molecule has 2 aromatic heterocycles. The van der Waals surface area contributed by atoms with Crippen LogP contribution < -0.4 is 5.32 Å². The Labute approximate surface area is 146 Å². The van der Waals surface area contributed by atoms with Gasteiger partial charge in [0.2, 0.25) is 5.13 Å². The van der Waals surface area contributed by atoms with Crippen molar-refractivity contribution in [1.82, 2.24) is 10.2 Å². The van der Waals surface area contributed by atoms with E-state index in [1.54, 1.807) is 17.8 Å². The molecular weight excluding hydrogens is 446 g/mol. The van der Waals surface area contributed by atoms with Crippen LogP contribution in [0.4, 0.5) is 5.13 Å². The van der Waals surface area contributed by atoms with Crippen LogP contribution >= 0.6 is 66.3 Å². The predicted octanol–water partition coefficient (Wildman–Crippen LogP) is 5.27. The smallest absolute Gasteiger partial charge is 0.267 e. The highest BCUT2D eigenvalue weighted by molar-refractivity contribution is 9.13. The first-order valence-electron chi connectivity index (χ1n) is 5.82. The van der Waals surface area contributed by atoms with Crippen LogP contribution in [0.1, 0.15) is 29.4 Å². The minimum atomic E-state index is -0.164. The van der Waals surface area contributed by atoms with Gasteiger partial charge in [-0.1, -0.05) is 36.4 Å². The van der Waals surface area contributed by atoms with E-state index in [0.717, 1.165) is 31.2 Å².